The molecule has 1 unspecified atom stereocenters. The van der Waals surface area contributed by atoms with Crippen molar-refractivity contribution in [2.24, 2.45) is 0 Å². The van der Waals surface area contributed by atoms with E-state index < -0.39 is 5.60 Å². The van der Waals surface area contributed by atoms with Crippen molar-refractivity contribution >= 4 is 11.6 Å². The van der Waals surface area contributed by atoms with Crippen LogP contribution in [0.3, 0.4) is 0 Å². The van der Waals surface area contributed by atoms with Crippen LogP contribution in [0.15, 0.2) is 24.3 Å². The molecule has 0 bridgehead atoms. The quantitative estimate of drug-likeness (QED) is 0.847. The van der Waals surface area contributed by atoms with Crippen LogP contribution in [-0.4, -0.2) is 57.9 Å². The van der Waals surface area contributed by atoms with Gasteiger partial charge >= 0.3 is 0 Å². The molecular weight excluding hydrogens is 306 g/mol. The minimum atomic E-state index is -0.677. The number of anilines is 1. The summed E-state index contributed by atoms with van der Waals surface area (Å²) in [6.07, 6.45) is 2.37. The second kappa shape index (κ2) is 7.40. The number of amides is 1. The molecule has 0 spiro atoms. The number of nitrogens with one attached hydrogen (secondary N) is 2. The minimum absolute atomic E-state index is 0.0263. The molecule has 2 heterocycles. The lowest BCUT2D eigenvalue weighted by atomic mass is 9.90. The first kappa shape index (κ1) is 17.0. The molecule has 3 rings (SSSR count). The van der Waals surface area contributed by atoms with E-state index in [-0.39, 0.29) is 11.9 Å². The van der Waals surface area contributed by atoms with Crippen molar-refractivity contribution in [3.05, 3.63) is 24.3 Å². The molecule has 6 nitrogen and oxygen atoms in total. The van der Waals surface area contributed by atoms with Gasteiger partial charge in [-0.15, -0.1) is 0 Å². The van der Waals surface area contributed by atoms with Crippen molar-refractivity contribution < 1.29 is 14.3 Å². The zero-order valence-corrected chi connectivity index (χ0v) is 14.5. The first-order valence-corrected chi connectivity index (χ1v) is 8.63. The van der Waals surface area contributed by atoms with E-state index in [1.165, 1.54) is 0 Å². The number of para-hydroxylation sites is 2. The van der Waals surface area contributed by atoms with Crippen LogP contribution in [0.4, 0.5) is 5.69 Å². The Hall–Kier alpha value is -1.79. The van der Waals surface area contributed by atoms with Crippen LogP contribution >= 0.6 is 0 Å². The van der Waals surface area contributed by atoms with E-state index in [0.29, 0.717) is 0 Å². The maximum Gasteiger partial charge on any atom is 0.252 e. The van der Waals surface area contributed by atoms with Crippen molar-refractivity contribution in [3.63, 3.8) is 0 Å². The smallest absolute Gasteiger partial charge is 0.252 e. The third-order valence-corrected chi connectivity index (χ3v) is 5.17. The summed E-state index contributed by atoms with van der Waals surface area (Å²) in [6.45, 7) is 3.34. The molecule has 6 heteroatoms. The lowest BCUT2D eigenvalue weighted by molar-refractivity contribution is -0.147. The average molecular weight is 333 g/mol. The molecule has 1 atom stereocenters. The summed E-state index contributed by atoms with van der Waals surface area (Å²) in [4.78, 5) is 15.0. The number of piperidine rings is 1. The van der Waals surface area contributed by atoms with Gasteiger partial charge in [0, 0.05) is 26.2 Å². The topological polar surface area (TPSA) is 62.8 Å². The van der Waals surface area contributed by atoms with Gasteiger partial charge in [-0.05, 0) is 44.5 Å². The summed E-state index contributed by atoms with van der Waals surface area (Å²) in [5, 5.41) is 6.48. The fourth-order valence-corrected chi connectivity index (χ4v) is 3.66. The summed E-state index contributed by atoms with van der Waals surface area (Å²) in [6, 6.07) is 8.16. The van der Waals surface area contributed by atoms with E-state index in [2.05, 4.69) is 21.6 Å². The zero-order valence-electron chi connectivity index (χ0n) is 14.5. The van der Waals surface area contributed by atoms with Gasteiger partial charge in [0.05, 0.1) is 12.8 Å². The molecule has 0 aliphatic carbocycles. The Morgan fingerprint density at radius 2 is 2.04 bits per heavy atom. The first-order valence-electron chi connectivity index (χ1n) is 8.63. The van der Waals surface area contributed by atoms with Gasteiger partial charge in [0.15, 0.2) is 0 Å². The molecule has 0 saturated carbocycles. The molecule has 1 aromatic carbocycles. The Bertz CT molecular complexity index is 572. The highest BCUT2D eigenvalue weighted by Crippen LogP contribution is 2.31. The SMILES string of the molecule is COc1ccccc1N1CCC(NC(=O)C2(OC)CCNCC2)C1. The normalized spacial score (nSPS) is 23.1. The Balaban J connectivity index is 1.62. The molecule has 2 aliphatic rings. The Labute approximate surface area is 143 Å². The highest BCUT2D eigenvalue weighted by atomic mass is 16.5. The van der Waals surface area contributed by atoms with Crippen LogP contribution in [0.1, 0.15) is 19.3 Å². The van der Waals surface area contributed by atoms with E-state index in [4.69, 9.17) is 9.47 Å². The summed E-state index contributed by atoms with van der Waals surface area (Å²) >= 11 is 0. The van der Waals surface area contributed by atoms with Gasteiger partial charge in [0.25, 0.3) is 5.91 Å². The first-order chi connectivity index (χ1) is 11.7. The summed E-state index contributed by atoms with van der Waals surface area (Å²) in [5.74, 6) is 0.898. The monoisotopic (exact) mass is 333 g/mol. The predicted molar refractivity (Wildman–Crippen MR) is 93.6 cm³/mol. The number of hydrogen-bond donors (Lipinski definition) is 2. The van der Waals surface area contributed by atoms with E-state index in [9.17, 15) is 4.79 Å². The summed E-state index contributed by atoms with van der Waals surface area (Å²) in [7, 11) is 3.33. The highest BCUT2D eigenvalue weighted by Gasteiger charge is 2.41. The summed E-state index contributed by atoms with van der Waals surface area (Å²) in [5.41, 5.74) is 0.406. The second-order valence-corrected chi connectivity index (χ2v) is 6.53. The fraction of sp³-hybridized carbons (Fsp3) is 0.611. The standard InChI is InChI=1S/C18H27N3O3/c1-23-16-6-4-3-5-15(16)21-12-7-14(13-21)20-17(22)18(24-2)8-10-19-11-9-18/h3-6,14,19H,7-13H2,1-2H3,(H,20,22). The number of ether oxygens (including phenoxy) is 2. The Morgan fingerprint density at radius 3 is 2.75 bits per heavy atom. The maximum absolute atomic E-state index is 12.8. The van der Waals surface area contributed by atoms with Crippen LogP contribution in [0.25, 0.3) is 0 Å². The van der Waals surface area contributed by atoms with Gasteiger partial charge in [0.1, 0.15) is 11.4 Å². The van der Waals surface area contributed by atoms with Crippen LogP contribution in [0.2, 0.25) is 0 Å². The number of carbonyl (C=O) groups is 1. The van der Waals surface area contributed by atoms with E-state index in [0.717, 1.165) is 56.9 Å². The van der Waals surface area contributed by atoms with E-state index in [1.54, 1.807) is 14.2 Å². The molecule has 2 saturated heterocycles. The number of methoxy groups -OCH3 is 2. The van der Waals surface area contributed by atoms with Crippen molar-refractivity contribution in [2.75, 3.05) is 45.3 Å². The van der Waals surface area contributed by atoms with Crippen LogP contribution < -0.4 is 20.3 Å². The van der Waals surface area contributed by atoms with Crippen molar-refractivity contribution in [1.82, 2.24) is 10.6 Å². The van der Waals surface area contributed by atoms with Crippen LogP contribution in [-0.2, 0) is 9.53 Å². The van der Waals surface area contributed by atoms with Crippen molar-refractivity contribution in [2.45, 2.75) is 30.9 Å². The van der Waals surface area contributed by atoms with Gasteiger partial charge in [0.2, 0.25) is 0 Å². The predicted octanol–water partition coefficient (Wildman–Crippen LogP) is 1.16. The molecule has 0 aromatic heterocycles. The largest absolute Gasteiger partial charge is 0.495 e. The lowest BCUT2D eigenvalue weighted by Crippen LogP contribution is -2.56. The molecule has 132 valence electrons. The third kappa shape index (κ3) is 3.35. The van der Waals surface area contributed by atoms with Gasteiger partial charge in [-0.3, -0.25) is 4.79 Å². The molecule has 2 N–H and O–H groups in total. The molecule has 2 fully saturated rings. The number of nitrogens with zero attached hydrogens (tertiary/aromatic N) is 1. The highest BCUT2D eigenvalue weighted by molar-refractivity contribution is 5.85. The Kier molecular flexibility index (Phi) is 5.26. The second-order valence-electron chi connectivity index (χ2n) is 6.53. The van der Waals surface area contributed by atoms with E-state index in [1.807, 2.05) is 18.2 Å². The number of hydrogen-bond acceptors (Lipinski definition) is 5. The number of rotatable bonds is 5. The van der Waals surface area contributed by atoms with Gasteiger partial charge in [-0.25, -0.2) is 0 Å². The van der Waals surface area contributed by atoms with Gasteiger partial charge < -0.3 is 25.0 Å². The zero-order chi connectivity index (χ0) is 17.0. The fourth-order valence-electron chi connectivity index (χ4n) is 3.66. The molecule has 1 aromatic rings. The summed E-state index contributed by atoms with van der Waals surface area (Å²) < 4.78 is 11.1. The Morgan fingerprint density at radius 1 is 1.29 bits per heavy atom. The molecule has 1 amide bonds. The van der Waals surface area contributed by atoms with Gasteiger partial charge in [-0.2, -0.15) is 0 Å². The molecule has 24 heavy (non-hydrogen) atoms. The number of benzene rings is 1. The van der Waals surface area contributed by atoms with E-state index >= 15 is 0 Å². The molecular formula is C18H27N3O3. The number of carbonyl (C=O) groups excluding carboxylic acids is 1. The third-order valence-electron chi connectivity index (χ3n) is 5.17. The lowest BCUT2D eigenvalue weighted by Gasteiger charge is -2.35. The van der Waals surface area contributed by atoms with Crippen molar-refractivity contribution in [1.29, 1.82) is 0 Å². The molecule has 2 aliphatic heterocycles. The minimum Gasteiger partial charge on any atom is -0.495 e. The average Bonchev–Trinajstić information content (AvgIpc) is 3.10. The van der Waals surface area contributed by atoms with Crippen LogP contribution in [0.5, 0.6) is 5.75 Å². The van der Waals surface area contributed by atoms with Crippen LogP contribution in [0, 0.1) is 0 Å². The maximum atomic E-state index is 12.8. The van der Waals surface area contributed by atoms with Gasteiger partial charge in [-0.1, -0.05) is 12.1 Å². The molecule has 0 radical (unpaired) electrons. The van der Waals surface area contributed by atoms with Crippen molar-refractivity contribution in [3.8, 4) is 5.75 Å².